The first-order chi connectivity index (χ1) is 7.54. The van der Waals surface area contributed by atoms with E-state index in [0.29, 0.717) is 12.0 Å². The van der Waals surface area contributed by atoms with Crippen LogP contribution in [0.25, 0.3) is 0 Å². The Hall–Kier alpha value is -1.70. The standard InChI is InChI=1S/C12H13NO3/c1-8(14)6-9-2-4-10(5-3-9)12(16)11(15)7-13/h2-5,11-12,15-16H,6H2,1H3. The van der Waals surface area contributed by atoms with Gasteiger partial charge in [-0.25, -0.2) is 0 Å². The van der Waals surface area contributed by atoms with Gasteiger partial charge in [0, 0.05) is 6.42 Å². The van der Waals surface area contributed by atoms with Crippen LogP contribution in [0.5, 0.6) is 0 Å². The maximum atomic E-state index is 10.9. The van der Waals surface area contributed by atoms with Crippen LogP contribution in [0.3, 0.4) is 0 Å². The third-order valence-electron chi connectivity index (χ3n) is 2.21. The van der Waals surface area contributed by atoms with E-state index in [-0.39, 0.29) is 5.78 Å². The van der Waals surface area contributed by atoms with Crippen LogP contribution in [0.1, 0.15) is 24.2 Å². The summed E-state index contributed by atoms with van der Waals surface area (Å²) >= 11 is 0. The average molecular weight is 219 g/mol. The second-order valence-electron chi connectivity index (χ2n) is 3.64. The van der Waals surface area contributed by atoms with Crippen molar-refractivity contribution in [3.05, 3.63) is 35.4 Å². The van der Waals surface area contributed by atoms with E-state index in [0.717, 1.165) is 5.56 Å². The fourth-order valence-electron chi connectivity index (χ4n) is 1.37. The van der Waals surface area contributed by atoms with E-state index in [1.807, 2.05) is 0 Å². The number of aliphatic hydroxyl groups excluding tert-OH is 2. The topological polar surface area (TPSA) is 81.3 Å². The van der Waals surface area contributed by atoms with Crippen LogP contribution in [-0.2, 0) is 11.2 Å². The molecule has 4 nitrogen and oxygen atoms in total. The van der Waals surface area contributed by atoms with Crippen molar-refractivity contribution in [3.8, 4) is 6.07 Å². The highest BCUT2D eigenvalue weighted by Crippen LogP contribution is 2.17. The fourth-order valence-corrected chi connectivity index (χ4v) is 1.37. The van der Waals surface area contributed by atoms with Gasteiger partial charge in [-0.3, -0.25) is 4.79 Å². The van der Waals surface area contributed by atoms with E-state index in [1.165, 1.54) is 6.92 Å². The Morgan fingerprint density at radius 2 is 1.94 bits per heavy atom. The molecular weight excluding hydrogens is 206 g/mol. The van der Waals surface area contributed by atoms with Gasteiger partial charge in [-0.1, -0.05) is 24.3 Å². The van der Waals surface area contributed by atoms with Crippen LogP contribution in [-0.4, -0.2) is 22.1 Å². The molecular formula is C12H13NO3. The molecule has 0 saturated carbocycles. The number of rotatable bonds is 4. The third-order valence-corrected chi connectivity index (χ3v) is 2.21. The number of Topliss-reactive ketones (excluding diaryl/α,β-unsaturated/α-hetero) is 1. The lowest BCUT2D eigenvalue weighted by atomic mass is 10.0. The number of nitrogens with zero attached hydrogens (tertiary/aromatic N) is 1. The quantitative estimate of drug-likeness (QED) is 0.732. The Bertz CT molecular complexity index is 405. The molecule has 0 aliphatic heterocycles. The SMILES string of the molecule is CC(=O)Cc1ccc(C(O)C(O)C#N)cc1. The fraction of sp³-hybridized carbons (Fsp3) is 0.333. The number of carbonyl (C=O) groups is 1. The number of aliphatic hydroxyl groups is 2. The van der Waals surface area contributed by atoms with Crippen molar-refractivity contribution in [2.24, 2.45) is 0 Å². The number of nitriles is 1. The van der Waals surface area contributed by atoms with Crippen LogP contribution in [0, 0.1) is 11.3 Å². The molecule has 2 atom stereocenters. The summed E-state index contributed by atoms with van der Waals surface area (Å²) in [6.07, 6.45) is -2.30. The van der Waals surface area contributed by atoms with Gasteiger partial charge in [0.1, 0.15) is 11.9 Å². The van der Waals surface area contributed by atoms with Gasteiger partial charge >= 0.3 is 0 Å². The molecule has 0 bridgehead atoms. The smallest absolute Gasteiger partial charge is 0.170 e. The first-order valence-corrected chi connectivity index (χ1v) is 4.88. The molecule has 16 heavy (non-hydrogen) atoms. The monoisotopic (exact) mass is 219 g/mol. The van der Waals surface area contributed by atoms with E-state index in [1.54, 1.807) is 30.3 Å². The van der Waals surface area contributed by atoms with Gasteiger partial charge in [0.25, 0.3) is 0 Å². The minimum Gasteiger partial charge on any atom is -0.385 e. The summed E-state index contributed by atoms with van der Waals surface area (Å²) in [6.45, 7) is 1.50. The van der Waals surface area contributed by atoms with E-state index in [4.69, 9.17) is 10.4 Å². The number of benzene rings is 1. The lowest BCUT2D eigenvalue weighted by Gasteiger charge is -2.12. The maximum absolute atomic E-state index is 10.9. The van der Waals surface area contributed by atoms with E-state index >= 15 is 0 Å². The number of hydrogen-bond donors (Lipinski definition) is 2. The van der Waals surface area contributed by atoms with E-state index < -0.39 is 12.2 Å². The number of carbonyl (C=O) groups excluding carboxylic acids is 1. The Morgan fingerprint density at radius 1 is 1.38 bits per heavy atom. The Morgan fingerprint density at radius 3 is 2.38 bits per heavy atom. The third kappa shape index (κ3) is 3.16. The normalized spacial score (nSPS) is 13.9. The van der Waals surface area contributed by atoms with Gasteiger partial charge in [-0.15, -0.1) is 0 Å². The zero-order chi connectivity index (χ0) is 12.1. The summed E-state index contributed by atoms with van der Waals surface area (Å²) in [6, 6.07) is 8.16. The predicted molar refractivity (Wildman–Crippen MR) is 57.4 cm³/mol. The molecule has 2 N–H and O–H groups in total. The number of hydrogen-bond acceptors (Lipinski definition) is 4. The highest BCUT2D eigenvalue weighted by Gasteiger charge is 2.17. The Balaban J connectivity index is 2.79. The first-order valence-electron chi connectivity index (χ1n) is 4.88. The lowest BCUT2D eigenvalue weighted by molar-refractivity contribution is -0.116. The van der Waals surface area contributed by atoms with Crippen molar-refractivity contribution in [1.82, 2.24) is 0 Å². The summed E-state index contributed by atoms with van der Waals surface area (Å²) in [7, 11) is 0. The van der Waals surface area contributed by atoms with Gasteiger partial charge in [0.15, 0.2) is 6.10 Å². The molecule has 0 heterocycles. The van der Waals surface area contributed by atoms with Gasteiger partial charge in [0.05, 0.1) is 6.07 Å². The van der Waals surface area contributed by atoms with Crippen LogP contribution >= 0.6 is 0 Å². The van der Waals surface area contributed by atoms with Gasteiger partial charge in [-0.2, -0.15) is 5.26 Å². The summed E-state index contributed by atoms with van der Waals surface area (Å²) in [5, 5.41) is 27.1. The Labute approximate surface area is 93.8 Å². The molecule has 84 valence electrons. The largest absolute Gasteiger partial charge is 0.385 e. The molecule has 0 aliphatic carbocycles. The minimum atomic E-state index is -1.43. The highest BCUT2D eigenvalue weighted by atomic mass is 16.3. The van der Waals surface area contributed by atoms with Crippen LogP contribution in [0.2, 0.25) is 0 Å². The zero-order valence-corrected chi connectivity index (χ0v) is 8.92. The van der Waals surface area contributed by atoms with Crippen molar-refractivity contribution >= 4 is 5.78 Å². The van der Waals surface area contributed by atoms with Crippen molar-refractivity contribution in [2.45, 2.75) is 25.6 Å². The highest BCUT2D eigenvalue weighted by molar-refractivity contribution is 5.78. The molecule has 0 spiro atoms. The summed E-state index contributed by atoms with van der Waals surface area (Å²) in [5.74, 6) is 0.0605. The maximum Gasteiger partial charge on any atom is 0.170 e. The molecule has 0 aromatic heterocycles. The van der Waals surface area contributed by atoms with Crippen molar-refractivity contribution < 1.29 is 15.0 Å². The van der Waals surface area contributed by atoms with E-state index in [9.17, 15) is 9.90 Å². The van der Waals surface area contributed by atoms with Crippen molar-refractivity contribution in [1.29, 1.82) is 5.26 Å². The molecule has 4 heteroatoms. The lowest BCUT2D eigenvalue weighted by Crippen LogP contribution is -2.15. The average Bonchev–Trinajstić information content (AvgIpc) is 2.27. The van der Waals surface area contributed by atoms with Crippen LogP contribution in [0.15, 0.2) is 24.3 Å². The molecule has 0 saturated heterocycles. The molecule has 0 amide bonds. The molecule has 0 radical (unpaired) electrons. The van der Waals surface area contributed by atoms with E-state index in [2.05, 4.69) is 0 Å². The van der Waals surface area contributed by atoms with Gasteiger partial charge in [0.2, 0.25) is 0 Å². The molecule has 1 aromatic rings. The Kier molecular flexibility index (Phi) is 4.18. The molecule has 0 aliphatic rings. The van der Waals surface area contributed by atoms with Crippen LogP contribution in [0.4, 0.5) is 0 Å². The predicted octanol–water partition coefficient (Wildman–Crippen LogP) is 0.736. The minimum absolute atomic E-state index is 0.0605. The second-order valence-corrected chi connectivity index (χ2v) is 3.64. The summed E-state index contributed by atoms with van der Waals surface area (Å²) in [5.41, 5.74) is 1.30. The first kappa shape index (κ1) is 12.4. The molecule has 2 unspecified atom stereocenters. The summed E-state index contributed by atoms with van der Waals surface area (Å²) < 4.78 is 0. The zero-order valence-electron chi connectivity index (χ0n) is 8.92. The van der Waals surface area contributed by atoms with Crippen molar-refractivity contribution in [3.63, 3.8) is 0 Å². The summed E-state index contributed by atoms with van der Waals surface area (Å²) in [4.78, 5) is 10.9. The second kappa shape index (κ2) is 5.40. The van der Waals surface area contributed by atoms with Gasteiger partial charge in [-0.05, 0) is 18.1 Å². The number of ketones is 1. The molecule has 1 aromatic carbocycles. The molecule has 0 fully saturated rings. The molecule has 1 rings (SSSR count). The van der Waals surface area contributed by atoms with Crippen molar-refractivity contribution in [2.75, 3.05) is 0 Å². The van der Waals surface area contributed by atoms with Gasteiger partial charge < -0.3 is 10.2 Å². The van der Waals surface area contributed by atoms with Crippen LogP contribution < -0.4 is 0 Å².